The number of sulfonamides is 1. The highest BCUT2D eigenvalue weighted by Gasteiger charge is 2.25. The summed E-state index contributed by atoms with van der Waals surface area (Å²) in [7, 11) is -3.56. The predicted octanol–water partition coefficient (Wildman–Crippen LogP) is 4.17. The molecule has 0 aliphatic carbocycles. The van der Waals surface area contributed by atoms with Crippen molar-refractivity contribution >= 4 is 37.5 Å². The minimum atomic E-state index is -3.56. The summed E-state index contributed by atoms with van der Waals surface area (Å²) in [4.78, 5) is 17.6. The summed E-state index contributed by atoms with van der Waals surface area (Å²) < 4.78 is 43.5. The lowest BCUT2D eigenvalue weighted by Gasteiger charge is -2.19. The Morgan fingerprint density at radius 1 is 1.06 bits per heavy atom. The van der Waals surface area contributed by atoms with Crippen LogP contribution >= 0.6 is 11.3 Å². The van der Waals surface area contributed by atoms with Gasteiger partial charge < -0.3 is 4.57 Å². The zero-order valence-corrected chi connectivity index (χ0v) is 18.9. The van der Waals surface area contributed by atoms with Crippen LogP contribution in [-0.4, -0.2) is 36.3 Å². The molecule has 1 aliphatic heterocycles. The smallest absolute Gasteiger partial charge is 0.279 e. The van der Waals surface area contributed by atoms with Crippen molar-refractivity contribution in [3.63, 3.8) is 0 Å². The van der Waals surface area contributed by atoms with E-state index in [0.29, 0.717) is 34.7 Å². The first-order valence-corrected chi connectivity index (χ1v) is 12.6. The van der Waals surface area contributed by atoms with Gasteiger partial charge in [-0.15, -0.1) is 0 Å². The fraction of sp³-hybridized carbons (Fsp3) is 0.364. The number of carbonyl (C=O) groups is 1. The summed E-state index contributed by atoms with van der Waals surface area (Å²) in [5.74, 6) is -0.802. The van der Waals surface area contributed by atoms with Gasteiger partial charge in [-0.1, -0.05) is 24.2 Å². The number of nitrogens with zero attached hydrogens (tertiary/aromatic N) is 3. The highest BCUT2D eigenvalue weighted by atomic mass is 32.2. The molecule has 1 aliphatic rings. The van der Waals surface area contributed by atoms with E-state index in [4.69, 9.17) is 0 Å². The average Bonchev–Trinajstić information content (AvgIpc) is 2.92. The first-order valence-electron chi connectivity index (χ1n) is 10.4. The standard InChI is InChI=1S/C22H24FN3O3S2/c1-2-26-19-12-9-17(23)15-20(19)30-22(26)24-21(27)16-7-10-18(11-8-16)31(28,29)25-13-5-3-4-6-14-25/h7-12,15H,2-6,13-14H2,1H3. The number of thiazole rings is 1. The number of aryl methyl sites for hydroxylation is 1. The normalized spacial score (nSPS) is 16.5. The topological polar surface area (TPSA) is 71.7 Å². The van der Waals surface area contributed by atoms with Gasteiger partial charge in [-0.3, -0.25) is 4.79 Å². The summed E-state index contributed by atoms with van der Waals surface area (Å²) >= 11 is 1.25. The zero-order valence-electron chi connectivity index (χ0n) is 17.3. The molecule has 9 heteroatoms. The molecule has 0 N–H and O–H groups in total. The van der Waals surface area contributed by atoms with E-state index in [-0.39, 0.29) is 10.7 Å². The van der Waals surface area contributed by atoms with Crippen LogP contribution in [0.2, 0.25) is 0 Å². The number of amides is 1. The summed E-state index contributed by atoms with van der Waals surface area (Å²) in [5, 5.41) is 0. The maximum absolute atomic E-state index is 13.5. The molecule has 6 nitrogen and oxygen atoms in total. The number of fused-ring (bicyclic) bond motifs is 1. The van der Waals surface area contributed by atoms with Gasteiger partial charge in [-0.2, -0.15) is 9.30 Å². The van der Waals surface area contributed by atoms with E-state index in [0.717, 1.165) is 31.2 Å². The largest absolute Gasteiger partial charge is 0.317 e. The zero-order chi connectivity index (χ0) is 22.0. The first-order chi connectivity index (χ1) is 14.9. The van der Waals surface area contributed by atoms with Crippen LogP contribution in [0.3, 0.4) is 0 Å². The minimum Gasteiger partial charge on any atom is -0.317 e. The van der Waals surface area contributed by atoms with E-state index in [1.54, 1.807) is 6.07 Å². The molecule has 0 spiro atoms. The van der Waals surface area contributed by atoms with Crippen molar-refractivity contribution < 1.29 is 17.6 Å². The van der Waals surface area contributed by atoms with E-state index in [2.05, 4.69) is 4.99 Å². The number of hydrogen-bond acceptors (Lipinski definition) is 4. The molecular formula is C22H24FN3O3S2. The predicted molar refractivity (Wildman–Crippen MR) is 119 cm³/mol. The molecule has 3 aromatic rings. The Morgan fingerprint density at radius 2 is 1.74 bits per heavy atom. The van der Waals surface area contributed by atoms with E-state index in [9.17, 15) is 17.6 Å². The molecule has 0 atom stereocenters. The van der Waals surface area contributed by atoms with Crippen molar-refractivity contribution in [3.05, 3.63) is 58.6 Å². The van der Waals surface area contributed by atoms with Gasteiger partial charge in [-0.25, -0.2) is 12.8 Å². The third-order valence-electron chi connectivity index (χ3n) is 5.46. The van der Waals surface area contributed by atoms with Gasteiger partial charge in [0.05, 0.1) is 15.1 Å². The van der Waals surface area contributed by atoms with Crippen LogP contribution in [0, 0.1) is 5.82 Å². The monoisotopic (exact) mass is 461 g/mol. The summed E-state index contributed by atoms with van der Waals surface area (Å²) in [6.07, 6.45) is 3.82. The van der Waals surface area contributed by atoms with Gasteiger partial charge in [0.1, 0.15) is 5.82 Å². The molecule has 2 heterocycles. The van der Waals surface area contributed by atoms with E-state index in [1.807, 2.05) is 11.5 Å². The van der Waals surface area contributed by atoms with Crippen molar-refractivity contribution in [1.82, 2.24) is 8.87 Å². The second kappa shape index (κ2) is 9.02. The molecule has 164 valence electrons. The van der Waals surface area contributed by atoms with Crippen LogP contribution in [0.5, 0.6) is 0 Å². The highest BCUT2D eigenvalue weighted by molar-refractivity contribution is 7.89. The minimum absolute atomic E-state index is 0.187. The van der Waals surface area contributed by atoms with Crippen molar-refractivity contribution in [2.45, 2.75) is 44.0 Å². The molecule has 1 aromatic heterocycles. The van der Waals surface area contributed by atoms with Crippen LogP contribution in [-0.2, 0) is 16.6 Å². The number of rotatable bonds is 4. The molecule has 1 fully saturated rings. The quantitative estimate of drug-likeness (QED) is 0.586. The Bertz CT molecular complexity index is 1270. The van der Waals surface area contributed by atoms with Gasteiger partial charge in [-0.05, 0) is 62.2 Å². The maximum Gasteiger partial charge on any atom is 0.279 e. The van der Waals surface area contributed by atoms with Crippen molar-refractivity contribution in [3.8, 4) is 0 Å². The molecule has 1 saturated heterocycles. The summed E-state index contributed by atoms with van der Waals surface area (Å²) in [5.41, 5.74) is 1.13. The summed E-state index contributed by atoms with van der Waals surface area (Å²) in [6.45, 7) is 3.58. The number of benzene rings is 2. The van der Waals surface area contributed by atoms with Crippen LogP contribution in [0.4, 0.5) is 4.39 Å². The molecule has 0 radical (unpaired) electrons. The Labute approximate surface area is 184 Å². The molecule has 0 bridgehead atoms. The van der Waals surface area contributed by atoms with Gasteiger partial charge in [0.25, 0.3) is 5.91 Å². The molecule has 2 aromatic carbocycles. The number of halogens is 1. The number of aromatic nitrogens is 1. The third-order valence-corrected chi connectivity index (χ3v) is 8.42. The lowest BCUT2D eigenvalue weighted by atomic mass is 10.2. The Morgan fingerprint density at radius 3 is 2.39 bits per heavy atom. The van der Waals surface area contributed by atoms with Crippen LogP contribution in [0.25, 0.3) is 10.2 Å². The Balaban J connectivity index is 1.62. The van der Waals surface area contributed by atoms with Crippen LogP contribution in [0.15, 0.2) is 52.4 Å². The van der Waals surface area contributed by atoms with Crippen LogP contribution in [0.1, 0.15) is 43.0 Å². The molecule has 31 heavy (non-hydrogen) atoms. The van der Waals surface area contributed by atoms with Crippen molar-refractivity contribution in [2.24, 2.45) is 4.99 Å². The number of carbonyl (C=O) groups excluding carboxylic acids is 1. The maximum atomic E-state index is 13.5. The van der Waals surface area contributed by atoms with E-state index in [1.165, 1.54) is 52.0 Å². The fourth-order valence-corrected chi connectivity index (χ4v) is 6.42. The van der Waals surface area contributed by atoms with E-state index >= 15 is 0 Å². The van der Waals surface area contributed by atoms with Gasteiger partial charge in [0.2, 0.25) is 10.0 Å². The third kappa shape index (κ3) is 4.49. The SMILES string of the molecule is CCn1c(=NC(=O)c2ccc(S(=O)(=O)N3CCCCCC3)cc2)sc2cc(F)ccc21. The Kier molecular flexibility index (Phi) is 6.36. The highest BCUT2D eigenvalue weighted by Crippen LogP contribution is 2.21. The second-order valence-corrected chi connectivity index (χ2v) is 10.4. The summed E-state index contributed by atoms with van der Waals surface area (Å²) in [6, 6.07) is 10.4. The molecular weight excluding hydrogens is 437 g/mol. The van der Waals surface area contributed by atoms with Crippen LogP contribution < -0.4 is 4.80 Å². The fourth-order valence-electron chi connectivity index (χ4n) is 3.79. The van der Waals surface area contributed by atoms with E-state index < -0.39 is 15.9 Å². The second-order valence-electron chi connectivity index (χ2n) is 7.50. The average molecular weight is 462 g/mol. The molecule has 0 unspecified atom stereocenters. The molecule has 1 amide bonds. The van der Waals surface area contributed by atoms with Crippen molar-refractivity contribution in [1.29, 1.82) is 0 Å². The molecule has 4 rings (SSSR count). The first kappa shape index (κ1) is 21.9. The number of hydrogen-bond donors (Lipinski definition) is 0. The lowest BCUT2D eigenvalue weighted by Crippen LogP contribution is -2.31. The van der Waals surface area contributed by atoms with Gasteiger partial charge >= 0.3 is 0 Å². The molecule has 0 saturated carbocycles. The van der Waals surface area contributed by atoms with Gasteiger partial charge in [0.15, 0.2) is 4.80 Å². The van der Waals surface area contributed by atoms with Gasteiger partial charge in [0, 0.05) is 25.2 Å². The Hall–Kier alpha value is -2.36. The van der Waals surface area contributed by atoms with Crippen molar-refractivity contribution in [2.75, 3.05) is 13.1 Å². The lowest BCUT2D eigenvalue weighted by molar-refractivity contribution is 0.0997.